The summed E-state index contributed by atoms with van der Waals surface area (Å²) >= 11 is 0. The van der Waals surface area contributed by atoms with Gasteiger partial charge in [-0.1, -0.05) is 6.07 Å². The van der Waals surface area contributed by atoms with E-state index in [-0.39, 0.29) is 17.3 Å². The van der Waals surface area contributed by atoms with Crippen molar-refractivity contribution < 1.29 is 9.13 Å². The number of H-pyrrole nitrogens is 1. The highest BCUT2D eigenvalue weighted by Crippen LogP contribution is 2.27. The molecule has 1 aliphatic rings. The average Bonchev–Trinajstić information content (AvgIpc) is 2.97. The minimum atomic E-state index is -0.252. The Morgan fingerprint density at radius 2 is 2.26 bits per heavy atom. The molecule has 122 valence electrons. The predicted molar refractivity (Wildman–Crippen MR) is 85.2 cm³/mol. The molecule has 2 aromatic rings. The number of aryl methyl sites for hydroxylation is 1. The molecule has 23 heavy (non-hydrogen) atoms. The van der Waals surface area contributed by atoms with Crippen molar-refractivity contribution in [1.82, 2.24) is 14.9 Å². The smallest absolute Gasteiger partial charge is 0.251 e. The van der Waals surface area contributed by atoms with Crippen molar-refractivity contribution in [3.63, 3.8) is 0 Å². The first-order valence-electron chi connectivity index (χ1n) is 7.68. The number of aromatic nitrogens is 2. The Morgan fingerprint density at radius 3 is 2.96 bits per heavy atom. The van der Waals surface area contributed by atoms with Gasteiger partial charge in [0.1, 0.15) is 17.4 Å². The number of methoxy groups -OCH3 is 1. The summed E-state index contributed by atoms with van der Waals surface area (Å²) in [6, 6.07) is 6.50. The quantitative estimate of drug-likeness (QED) is 0.939. The molecule has 1 aromatic carbocycles. The molecule has 1 N–H and O–H groups in total. The van der Waals surface area contributed by atoms with E-state index in [0.29, 0.717) is 23.7 Å². The molecule has 5 nitrogen and oxygen atoms in total. The predicted octanol–water partition coefficient (Wildman–Crippen LogP) is 2.22. The summed E-state index contributed by atoms with van der Waals surface area (Å²) in [6.45, 7) is 3.98. The van der Waals surface area contributed by atoms with E-state index in [1.165, 1.54) is 13.2 Å². The zero-order valence-electron chi connectivity index (χ0n) is 13.3. The normalized spacial score (nSPS) is 18.3. The number of aromatic amines is 1. The lowest BCUT2D eigenvalue weighted by molar-refractivity contribution is 0.320. The molecule has 1 fully saturated rings. The summed E-state index contributed by atoms with van der Waals surface area (Å²) < 4.78 is 19.1. The number of rotatable bonds is 4. The monoisotopic (exact) mass is 317 g/mol. The van der Waals surface area contributed by atoms with E-state index in [2.05, 4.69) is 14.9 Å². The van der Waals surface area contributed by atoms with Gasteiger partial charge in [0.2, 0.25) is 0 Å². The zero-order chi connectivity index (χ0) is 16.4. The highest BCUT2D eigenvalue weighted by atomic mass is 19.1. The molecule has 0 unspecified atom stereocenters. The molecule has 2 heterocycles. The third-order valence-corrected chi connectivity index (χ3v) is 4.22. The first-order valence-corrected chi connectivity index (χ1v) is 7.68. The summed E-state index contributed by atoms with van der Waals surface area (Å²) in [4.78, 5) is 20.8. The second-order valence-corrected chi connectivity index (χ2v) is 5.93. The fraction of sp³-hybridized carbons (Fsp3) is 0.412. The lowest BCUT2D eigenvalue weighted by atomic mass is 10.0. The molecular formula is C17H20FN3O2. The molecule has 3 rings (SSSR count). The minimum absolute atomic E-state index is 0.118. The van der Waals surface area contributed by atoms with Gasteiger partial charge in [0.15, 0.2) is 0 Å². The lowest BCUT2D eigenvalue weighted by Crippen LogP contribution is -2.21. The van der Waals surface area contributed by atoms with E-state index in [0.717, 1.165) is 25.2 Å². The number of nitrogens with zero attached hydrogens (tertiary/aromatic N) is 2. The SMILES string of the molecule is COc1ccc(CN2CC[C@@H](c3cc(=O)[nH]c(C)n3)C2)c(F)c1. The molecule has 0 amide bonds. The lowest BCUT2D eigenvalue weighted by Gasteiger charge is -2.17. The molecule has 1 atom stereocenters. The van der Waals surface area contributed by atoms with Crippen molar-refractivity contribution in [3.8, 4) is 5.75 Å². The molecule has 0 bridgehead atoms. The second kappa shape index (κ2) is 6.50. The van der Waals surface area contributed by atoms with Crippen LogP contribution in [0.1, 0.15) is 29.4 Å². The molecule has 0 aliphatic carbocycles. The molecule has 1 aromatic heterocycles. The van der Waals surface area contributed by atoms with E-state index in [1.807, 2.05) is 0 Å². The number of likely N-dealkylation sites (tertiary alicyclic amines) is 1. The summed E-state index contributed by atoms with van der Waals surface area (Å²) in [5.41, 5.74) is 1.36. The summed E-state index contributed by atoms with van der Waals surface area (Å²) in [7, 11) is 1.52. The largest absolute Gasteiger partial charge is 0.497 e. The number of nitrogens with one attached hydrogen (secondary N) is 1. The third kappa shape index (κ3) is 3.59. The van der Waals surface area contributed by atoms with Crippen LogP contribution in [0, 0.1) is 12.7 Å². The van der Waals surface area contributed by atoms with Gasteiger partial charge in [-0.05, 0) is 26.0 Å². The van der Waals surface area contributed by atoms with Gasteiger partial charge in [0, 0.05) is 36.7 Å². The Hall–Kier alpha value is -2.21. The van der Waals surface area contributed by atoms with Crippen molar-refractivity contribution >= 4 is 0 Å². The van der Waals surface area contributed by atoms with Crippen molar-refractivity contribution in [2.45, 2.75) is 25.8 Å². The van der Waals surface area contributed by atoms with E-state index in [4.69, 9.17) is 4.74 Å². The molecule has 1 saturated heterocycles. The maximum Gasteiger partial charge on any atom is 0.251 e. The van der Waals surface area contributed by atoms with Crippen LogP contribution in [0.2, 0.25) is 0 Å². The highest BCUT2D eigenvalue weighted by Gasteiger charge is 2.26. The zero-order valence-corrected chi connectivity index (χ0v) is 13.3. The third-order valence-electron chi connectivity index (χ3n) is 4.22. The Labute approximate surface area is 134 Å². The van der Waals surface area contributed by atoms with Crippen LogP contribution in [0.3, 0.4) is 0 Å². The average molecular weight is 317 g/mol. The van der Waals surface area contributed by atoms with Gasteiger partial charge in [0.05, 0.1) is 12.8 Å². The van der Waals surface area contributed by atoms with Crippen LogP contribution in [0.15, 0.2) is 29.1 Å². The molecule has 1 aliphatic heterocycles. The van der Waals surface area contributed by atoms with Crippen molar-refractivity contribution in [1.29, 1.82) is 0 Å². The number of hydrogen-bond donors (Lipinski definition) is 1. The van der Waals surface area contributed by atoms with Gasteiger partial charge in [0.25, 0.3) is 5.56 Å². The van der Waals surface area contributed by atoms with Gasteiger partial charge < -0.3 is 9.72 Å². The summed E-state index contributed by atoms with van der Waals surface area (Å²) in [5, 5.41) is 0. The Kier molecular flexibility index (Phi) is 4.43. The second-order valence-electron chi connectivity index (χ2n) is 5.93. The fourth-order valence-corrected chi connectivity index (χ4v) is 3.05. The molecular weight excluding hydrogens is 297 g/mol. The van der Waals surface area contributed by atoms with Gasteiger partial charge in [-0.3, -0.25) is 9.69 Å². The van der Waals surface area contributed by atoms with Crippen molar-refractivity contribution in [3.05, 3.63) is 57.5 Å². The van der Waals surface area contributed by atoms with E-state index >= 15 is 0 Å². The minimum Gasteiger partial charge on any atom is -0.497 e. The van der Waals surface area contributed by atoms with Gasteiger partial charge in [-0.15, -0.1) is 0 Å². The molecule has 0 saturated carbocycles. The Bertz CT molecular complexity index is 760. The number of halogens is 1. The first-order chi connectivity index (χ1) is 11.0. The van der Waals surface area contributed by atoms with Crippen LogP contribution in [0.5, 0.6) is 5.75 Å². The number of ether oxygens (including phenoxy) is 1. The Morgan fingerprint density at radius 1 is 1.43 bits per heavy atom. The molecule has 6 heteroatoms. The van der Waals surface area contributed by atoms with Gasteiger partial charge >= 0.3 is 0 Å². The van der Waals surface area contributed by atoms with Crippen LogP contribution in [0.25, 0.3) is 0 Å². The first kappa shape index (κ1) is 15.7. The van der Waals surface area contributed by atoms with Crippen LogP contribution in [-0.2, 0) is 6.54 Å². The number of benzene rings is 1. The van der Waals surface area contributed by atoms with Crippen LogP contribution < -0.4 is 10.3 Å². The van der Waals surface area contributed by atoms with Crippen molar-refractivity contribution in [2.24, 2.45) is 0 Å². The van der Waals surface area contributed by atoms with E-state index < -0.39 is 0 Å². The topological polar surface area (TPSA) is 58.2 Å². The molecule has 0 radical (unpaired) electrons. The molecule has 0 spiro atoms. The number of hydrogen-bond acceptors (Lipinski definition) is 4. The van der Waals surface area contributed by atoms with Crippen molar-refractivity contribution in [2.75, 3.05) is 20.2 Å². The van der Waals surface area contributed by atoms with E-state index in [1.54, 1.807) is 25.1 Å². The maximum absolute atomic E-state index is 14.1. The van der Waals surface area contributed by atoms with E-state index in [9.17, 15) is 9.18 Å². The summed E-state index contributed by atoms with van der Waals surface area (Å²) in [5.74, 6) is 1.12. The highest BCUT2D eigenvalue weighted by molar-refractivity contribution is 5.29. The van der Waals surface area contributed by atoms with Gasteiger partial charge in [-0.2, -0.15) is 0 Å². The van der Waals surface area contributed by atoms with Crippen LogP contribution >= 0.6 is 0 Å². The summed E-state index contributed by atoms with van der Waals surface area (Å²) in [6.07, 6.45) is 0.924. The van der Waals surface area contributed by atoms with Crippen LogP contribution in [-0.4, -0.2) is 35.1 Å². The maximum atomic E-state index is 14.1. The fourth-order valence-electron chi connectivity index (χ4n) is 3.05. The standard InChI is InChI=1S/C17H20FN3O2/c1-11-19-16(8-17(22)20-11)13-5-6-21(10-13)9-12-3-4-14(23-2)7-15(12)18/h3-4,7-8,13H,5-6,9-10H2,1-2H3,(H,19,20,22)/t13-/m1/s1. The van der Waals surface area contributed by atoms with Crippen LogP contribution in [0.4, 0.5) is 4.39 Å². The van der Waals surface area contributed by atoms with Gasteiger partial charge in [-0.25, -0.2) is 9.37 Å². The Balaban J connectivity index is 1.69.